The SMILES string of the molecule is CCCNC1CCC(C)CC1Cc1cnn(C)c1. The van der Waals surface area contributed by atoms with Gasteiger partial charge in [-0.05, 0) is 56.0 Å². The van der Waals surface area contributed by atoms with E-state index in [1.54, 1.807) is 0 Å². The van der Waals surface area contributed by atoms with E-state index in [0.29, 0.717) is 6.04 Å². The van der Waals surface area contributed by atoms with Crippen molar-refractivity contribution in [2.45, 2.75) is 52.0 Å². The summed E-state index contributed by atoms with van der Waals surface area (Å²) in [6.07, 6.45) is 10.7. The number of nitrogens with one attached hydrogen (secondary N) is 1. The summed E-state index contributed by atoms with van der Waals surface area (Å²) in [4.78, 5) is 0. The topological polar surface area (TPSA) is 29.9 Å². The highest BCUT2D eigenvalue weighted by Crippen LogP contribution is 2.31. The second-order valence-corrected chi connectivity index (χ2v) is 5.97. The summed E-state index contributed by atoms with van der Waals surface area (Å²) in [5.74, 6) is 1.66. The monoisotopic (exact) mass is 249 g/mol. The van der Waals surface area contributed by atoms with Gasteiger partial charge in [0.1, 0.15) is 0 Å². The van der Waals surface area contributed by atoms with E-state index in [2.05, 4.69) is 30.5 Å². The van der Waals surface area contributed by atoms with Crippen LogP contribution in [0, 0.1) is 11.8 Å². The van der Waals surface area contributed by atoms with Gasteiger partial charge >= 0.3 is 0 Å². The van der Waals surface area contributed by atoms with Gasteiger partial charge in [0.05, 0.1) is 6.20 Å². The fourth-order valence-electron chi connectivity index (χ4n) is 3.20. The molecule has 1 aromatic rings. The molecule has 3 atom stereocenters. The molecule has 0 aliphatic heterocycles. The Balaban J connectivity index is 1.96. The lowest BCUT2D eigenvalue weighted by atomic mass is 9.76. The fourth-order valence-corrected chi connectivity index (χ4v) is 3.20. The lowest BCUT2D eigenvalue weighted by Gasteiger charge is -2.35. The molecule has 0 spiro atoms. The van der Waals surface area contributed by atoms with Crippen molar-refractivity contribution in [3.63, 3.8) is 0 Å². The Kier molecular flexibility index (Phi) is 4.81. The highest BCUT2D eigenvalue weighted by molar-refractivity contribution is 5.06. The molecule has 1 heterocycles. The smallest absolute Gasteiger partial charge is 0.0521 e. The fraction of sp³-hybridized carbons (Fsp3) is 0.800. The van der Waals surface area contributed by atoms with Crippen LogP contribution in [0.1, 0.15) is 45.1 Å². The van der Waals surface area contributed by atoms with Crippen molar-refractivity contribution >= 4 is 0 Å². The number of hydrogen-bond donors (Lipinski definition) is 1. The maximum Gasteiger partial charge on any atom is 0.0521 e. The molecule has 0 aromatic carbocycles. The van der Waals surface area contributed by atoms with Crippen molar-refractivity contribution < 1.29 is 0 Å². The zero-order valence-corrected chi connectivity index (χ0v) is 12.0. The number of nitrogens with zero attached hydrogens (tertiary/aromatic N) is 2. The number of hydrogen-bond acceptors (Lipinski definition) is 2. The van der Waals surface area contributed by atoms with Gasteiger partial charge in [-0.3, -0.25) is 4.68 Å². The lowest BCUT2D eigenvalue weighted by molar-refractivity contribution is 0.212. The summed E-state index contributed by atoms with van der Waals surface area (Å²) in [6.45, 7) is 5.80. The Bertz CT molecular complexity index is 356. The van der Waals surface area contributed by atoms with Gasteiger partial charge in [0, 0.05) is 19.3 Å². The molecule has 3 nitrogen and oxygen atoms in total. The average Bonchev–Trinajstić information content (AvgIpc) is 2.74. The molecule has 102 valence electrons. The molecule has 2 rings (SSSR count). The van der Waals surface area contributed by atoms with Crippen LogP contribution in [0.5, 0.6) is 0 Å². The van der Waals surface area contributed by atoms with Crippen LogP contribution in [0.2, 0.25) is 0 Å². The van der Waals surface area contributed by atoms with Gasteiger partial charge in [-0.1, -0.05) is 13.8 Å². The van der Waals surface area contributed by atoms with Crippen molar-refractivity contribution in [2.24, 2.45) is 18.9 Å². The Hall–Kier alpha value is -0.830. The molecule has 1 aromatic heterocycles. The maximum atomic E-state index is 4.28. The van der Waals surface area contributed by atoms with Gasteiger partial charge in [0.2, 0.25) is 0 Å². The van der Waals surface area contributed by atoms with Crippen LogP contribution in [0.3, 0.4) is 0 Å². The molecule has 0 radical (unpaired) electrons. The first kappa shape index (κ1) is 13.6. The molecule has 18 heavy (non-hydrogen) atoms. The largest absolute Gasteiger partial charge is 0.314 e. The first-order valence-corrected chi connectivity index (χ1v) is 7.40. The third-order valence-electron chi connectivity index (χ3n) is 4.16. The van der Waals surface area contributed by atoms with Gasteiger partial charge in [0.15, 0.2) is 0 Å². The van der Waals surface area contributed by atoms with Gasteiger partial charge in [-0.25, -0.2) is 0 Å². The molecule has 1 aliphatic carbocycles. The molecule has 0 amide bonds. The first-order chi connectivity index (χ1) is 8.69. The third kappa shape index (κ3) is 3.58. The number of aryl methyl sites for hydroxylation is 1. The molecule has 1 aliphatic rings. The van der Waals surface area contributed by atoms with Crippen LogP contribution in [0.15, 0.2) is 12.4 Å². The van der Waals surface area contributed by atoms with Crippen molar-refractivity contribution in [3.8, 4) is 0 Å². The predicted octanol–water partition coefficient (Wildman–Crippen LogP) is 2.77. The second kappa shape index (κ2) is 6.37. The molecule has 3 heteroatoms. The second-order valence-electron chi connectivity index (χ2n) is 5.97. The molecule has 3 unspecified atom stereocenters. The maximum absolute atomic E-state index is 4.28. The minimum Gasteiger partial charge on any atom is -0.314 e. The summed E-state index contributed by atoms with van der Waals surface area (Å²) >= 11 is 0. The first-order valence-electron chi connectivity index (χ1n) is 7.40. The summed E-state index contributed by atoms with van der Waals surface area (Å²) in [7, 11) is 2.00. The van der Waals surface area contributed by atoms with Crippen molar-refractivity contribution in [1.82, 2.24) is 15.1 Å². The van der Waals surface area contributed by atoms with Crippen molar-refractivity contribution in [2.75, 3.05) is 6.54 Å². The van der Waals surface area contributed by atoms with Crippen molar-refractivity contribution in [3.05, 3.63) is 18.0 Å². The van der Waals surface area contributed by atoms with E-state index in [1.165, 1.54) is 37.7 Å². The van der Waals surface area contributed by atoms with Crippen LogP contribution in [0.25, 0.3) is 0 Å². The molecular formula is C15H27N3. The molecule has 0 saturated heterocycles. The lowest BCUT2D eigenvalue weighted by Crippen LogP contribution is -2.41. The van der Waals surface area contributed by atoms with Crippen LogP contribution >= 0.6 is 0 Å². The average molecular weight is 249 g/mol. The number of rotatable bonds is 5. The van der Waals surface area contributed by atoms with Crippen LogP contribution < -0.4 is 5.32 Å². The van der Waals surface area contributed by atoms with Crippen LogP contribution in [0.4, 0.5) is 0 Å². The molecular weight excluding hydrogens is 222 g/mol. The Morgan fingerprint density at radius 2 is 2.28 bits per heavy atom. The summed E-state index contributed by atoms with van der Waals surface area (Å²) in [6, 6.07) is 0.710. The number of aromatic nitrogens is 2. The molecule has 1 saturated carbocycles. The van der Waals surface area contributed by atoms with Gasteiger partial charge in [-0.15, -0.1) is 0 Å². The van der Waals surface area contributed by atoms with E-state index in [4.69, 9.17) is 0 Å². The zero-order chi connectivity index (χ0) is 13.0. The predicted molar refractivity (Wildman–Crippen MR) is 75.5 cm³/mol. The summed E-state index contributed by atoms with van der Waals surface area (Å²) in [5.41, 5.74) is 1.39. The Morgan fingerprint density at radius 1 is 1.44 bits per heavy atom. The summed E-state index contributed by atoms with van der Waals surface area (Å²) in [5, 5.41) is 8.03. The van der Waals surface area contributed by atoms with E-state index in [1.807, 2.05) is 17.9 Å². The van der Waals surface area contributed by atoms with Crippen LogP contribution in [-0.2, 0) is 13.5 Å². The summed E-state index contributed by atoms with van der Waals surface area (Å²) < 4.78 is 1.91. The minimum atomic E-state index is 0.710. The van der Waals surface area contributed by atoms with Gasteiger partial charge < -0.3 is 5.32 Å². The molecule has 0 bridgehead atoms. The van der Waals surface area contributed by atoms with Gasteiger partial charge in [-0.2, -0.15) is 5.10 Å². The standard InChI is InChI=1S/C15H27N3/c1-4-7-16-15-6-5-12(2)8-14(15)9-13-10-17-18(3)11-13/h10-12,14-16H,4-9H2,1-3H3. The van der Waals surface area contributed by atoms with E-state index >= 15 is 0 Å². The Labute approximate surface area is 111 Å². The van der Waals surface area contributed by atoms with E-state index in [-0.39, 0.29) is 0 Å². The van der Waals surface area contributed by atoms with E-state index < -0.39 is 0 Å². The van der Waals surface area contributed by atoms with Crippen LogP contribution in [-0.4, -0.2) is 22.4 Å². The highest BCUT2D eigenvalue weighted by Gasteiger charge is 2.28. The Morgan fingerprint density at radius 3 is 2.94 bits per heavy atom. The highest BCUT2D eigenvalue weighted by atomic mass is 15.2. The van der Waals surface area contributed by atoms with E-state index in [0.717, 1.165) is 18.4 Å². The molecule has 1 fully saturated rings. The zero-order valence-electron chi connectivity index (χ0n) is 12.0. The normalized spacial score (nSPS) is 28.5. The minimum absolute atomic E-state index is 0.710. The third-order valence-corrected chi connectivity index (χ3v) is 4.16. The van der Waals surface area contributed by atoms with Gasteiger partial charge in [0.25, 0.3) is 0 Å². The van der Waals surface area contributed by atoms with E-state index in [9.17, 15) is 0 Å². The molecule has 1 N–H and O–H groups in total. The quantitative estimate of drug-likeness (QED) is 0.869. The van der Waals surface area contributed by atoms with Crippen molar-refractivity contribution in [1.29, 1.82) is 0 Å².